The minimum Gasteiger partial charge on any atom is -0.456 e. The summed E-state index contributed by atoms with van der Waals surface area (Å²) in [5, 5.41) is 10.8. The predicted octanol–water partition coefficient (Wildman–Crippen LogP) is 22.6. The van der Waals surface area contributed by atoms with Crippen molar-refractivity contribution in [3.05, 3.63) is 267 Å². The molecule has 1 N–H and O–H groups in total. The summed E-state index contributed by atoms with van der Waals surface area (Å²) in [6.45, 7) is 0. The van der Waals surface area contributed by atoms with Crippen LogP contribution in [0.4, 0.5) is 0 Å². The third-order valence-corrected chi connectivity index (χ3v) is 17.2. The molecule has 18 aromatic rings. The van der Waals surface area contributed by atoms with Crippen molar-refractivity contribution >= 4 is 110 Å². The second-order valence-corrected chi connectivity index (χ2v) is 22.0. The summed E-state index contributed by atoms with van der Waals surface area (Å²) < 4.78 is 26.2. The molecule has 0 unspecified atom stereocenters. The maximum Gasteiger partial charge on any atom is 0.147 e. The number of aromatic nitrogens is 1. The van der Waals surface area contributed by atoms with Gasteiger partial charge in [-0.1, -0.05) is 146 Å². The van der Waals surface area contributed by atoms with E-state index >= 15 is 0 Å². The summed E-state index contributed by atoms with van der Waals surface area (Å²) in [5.74, 6) is 0. The highest BCUT2D eigenvalue weighted by atomic mass is 16.3. The van der Waals surface area contributed by atoms with Crippen LogP contribution in [-0.2, 0) is 0 Å². The van der Waals surface area contributed by atoms with Crippen LogP contribution in [0.3, 0.4) is 0 Å². The monoisotopic (exact) mass is 1060 g/mol. The first kappa shape index (κ1) is 45.7. The Morgan fingerprint density at radius 2 is 0.530 bits per heavy atom. The second-order valence-electron chi connectivity index (χ2n) is 22.0. The minimum absolute atomic E-state index is 0.804. The zero-order valence-corrected chi connectivity index (χ0v) is 44.5. The van der Waals surface area contributed by atoms with Gasteiger partial charge in [-0.15, -0.1) is 0 Å². The first-order valence-electron chi connectivity index (χ1n) is 28.2. The van der Waals surface area contributed by atoms with Crippen molar-refractivity contribution < 1.29 is 17.7 Å². The van der Waals surface area contributed by atoms with Gasteiger partial charge in [-0.3, -0.25) is 0 Å². The Balaban J connectivity index is 0.794. The summed E-state index contributed by atoms with van der Waals surface area (Å²) in [5.41, 5.74) is 24.8. The molecule has 386 valence electrons. The highest BCUT2D eigenvalue weighted by Gasteiger charge is 2.21. The van der Waals surface area contributed by atoms with Gasteiger partial charge in [0.1, 0.15) is 44.7 Å². The maximum atomic E-state index is 6.85. The van der Waals surface area contributed by atoms with Crippen molar-refractivity contribution in [1.82, 2.24) is 4.98 Å². The number of nitrogens with one attached hydrogen (secondary N) is 1. The van der Waals surface area contributed by atoms with Crippen LogP contribution in [0, 0.1) is 0 Å². The lowest BCUT2D eigenvalue weighted by Gasteiger charge is -2.13. The highest BCUT2D eigenvalue weighted by molar-refractivity contribution is 6.25. The van der Waals surface area contributed by atoms with Crippen molar-refractivity contribution in [2.24, 2.45) is 0 Å². The van der Waals surface area contributed by atoms with Crippen LogP contribution < -0.4 is 0 Å². The fraction of sp³-hybridized carbons (Fsp3) is 0. The number of hydrogen-bond acceptors (Lipinski definition) is 4. The number of benzene rings is 13. The molecule has 5 aromatic heterocycles. The molecule has 0 aliphatic heterocycles. The van der Waals surface area contributed by atoms with Crippen LogP contribution in [-0.4, -0.2) is 4.98 Å². The van der Waals surface area contributed by atoms with Gasteiger partial charge in [-0.2, -0.15) is 0 Å². The summed E-state index contributed by atoms with van der Waals surface area (Å²) in [4.78, 5) is 3.84. The lowest BCUT2D eigenvalue weighted by molar-refractivity contribution is 0.662. The van der Waals surface area contributed by atoms with E-state index in [9.17, 15) is 0 Å². The van der Waals surface area contributed by atoms with Gasteiger partial charge >= 0.3 is 0 Å². The Hall–Kier alpha value is -11.1. The van der Waals surface area contributed by atoms with E-state index in [1.54, 1.807) is 0 Å². The third-order valence-electron chi connectivity index (χ3n) is 17.2. The number of aromatic amines is 1. The second kappa shape index (κ2) is 17.7. The molecule has 5 nitrogen and oxygen atoms in total. The SMILES string of the molecule is c1ccc(-c2ccc3oc4ccc(-c5cccc(-c6cc(-c7ccc8[nH]c9c(ccc%10oc%11ccc(-c%12ccccc%12)cc%11c%109)c8c7)cc(-c7ccc8oc9c(ccc%10oc%11ccc(-c%12ccccc%12)cc%11c%109)c8c7)c6)c5)cc4c3c2)cc1. The number of hydrogen-bond donors (Lipinski definition) is 1. The fourth-order valence-electron chi connectivity index (χ4n) is 13.1. The number of fused-ring (bicyclic) bond motifs is 17. The first-order valence-corrected chi connectivity index (χ1v) is 28.2. The van der Waals surface area contributed by atoms with Crippen molar-refractivity contribution in [1.29, 1.82) is 0 Å². The van der Waals surface area contributed by atoms with Gasteiger partial charge in [-0.05, 0) is 199 Å². The predicted molar refractivity (Wildman–Crippen MR) is 343 cm³/mol. The molecular formula is C78H45NO4. The molecule has 5 heteroatoms. The fourth-order valence-corrected chi connectivity index (χ4v) is 13.1. The van der Waals surface area contributed by atoms with E-state index in [0.717, 1.165) is 176 Å². The molecule has 0 aliphatic carbocycles. The van der Waals surface area contributed by atoms with Gasteiger partial charge in [-0.25, -0.2) is 0 Å². The normalized spacial score (nSPS) is 12.1. The van der Waals surface area contributed by atoms with Gasteiger partial charge in [0.15, 0.2) is 0 Å². The third kappa shape index (κ3) is 7.28. The summed E-state index contributed by atoms with van der Waals surface area (Å²) in [6, 6.07) is 95.5. The van der Waals surface area contributed by atoms with E-state index in [1.165, 1.54) is 11.1 Å². The van der Waals surface area contributed by atoms with E-state index in [1.807, 2.05) is 6.07 Å². The molecule has 13 aromatic carbocycles. The van der Waals surface area contributed by atoms with Crippen LogP contribution in [0.15, 0.2) is 285 Å². The van der Waals surface area contributed by atoms with E-state index < -0.39 is 0 Å². The van der Waals surface area contributed by atoms with Crippen molar-refractivity contribution in [3.8, 4) is 77.9 Å². The zero-order valence-electron chi connectivity index (χ0n) is 44.5. The van der Waals surface area contributed by atoms with E-state index in [-0.39, 0.29) is 0 Å². The van der Waals surface area contributed by atoms with Gasteiger partial charge in [0.05, 0.1) is 16.3 Å². The summed E-state index contributed by atoms with van der Waals surface area (Å²) in [7, 11) is 0. The molecule has 0 radical (unpaired) electrons. The Morgan fingerprint density at radius 3 is 1.07 bits per heavy atom. The van der Waals surface area contributed by atoms with Crippen LogP contribution in [0.2, 0.25) is 0 Å². The van der Waals surface area contributed by atoms with Crippen LogP contribution in [0.5, 0.6) is 0 Å². The molecule has 0 aliphatic rings. The molecular weight excluding hydrogens is 1010 g/mol. The molecule has 0 saturated carbocycles. The largest absolute Gasteiger partial charge is 0.456 e. The molecule has 0 fully saturated rings. The van der Waals surface area contributed by atoms with Gasteiger partial charge in [0.2, 0.25) is 0 Å². The Labute approximate surface area is 474 Å². The lowest BCUT2D eigenvalue weighted by Crippen LogP contribution is -1.87. The summed E-state index contributed by atoms with van der Waals surface area (Å²) in [6.07, 6.45) is 0. The van der Waals surface area contributed by atoms with Crippen molar-refractivity contribution in [2.45, 2.75) is 0 Å². The molecule has 18 rings (SSSR count). The number of H-pyrrole nitrogens is 1. The smallest absolute Gasteiger partial charge is 0.147 e. The molecule has 0 bridgehead atoms. The van der Waals surface area contributed by atoms with Crippen molar-refractivity contribution in [2.75, 3.05) is 0 Å². The standard InChI is InChI=1S/C78H45NO4/c1-4-11-45(12-5-1)50-20-28-68-63(40-50)64-41-53(23-29-69(64)80-68)48-17-10-18-49(35-48)56-36-57(54-19-27-67-61(39-54)59-25-33-73-75(77(59)79-67)65-43-51(21-31-71(65)81-73)46-13-6-2-7-14-46)38-58(37-56)55-24-30-70-62(42-55)60-26-34-74-76(78(60)83-70)66-44-52(22-32-72(66)82-74)47-15-8-3-9-16-47/h1-44,79H. The van der Waals surface area contributed by atoms with E-state index in [4.69, 9.17) is 17.7 Å². The Morgan fingerprint density at radius 1 is 0.193 bits per heavy atom. The lowest BCUT2D eigenvalue weighted by atomic mass is 9.91. The van der Waals surface area contributed by atoms with Gasteiger partial charge < -0.3 is 22.7 Å². The Bertz CT molecular complexity index is 5430. The molecule has 0 spiro atoms. The van der Waals surface area contributed by atoms with Crippen molar-refractivity contribution in [3.63, 3.8) is 0 Å². The molecule has 0 amide bonds. The first-order chi connectivity index (χ1) is 41.0. The summed E-state index contributed by atoms with van der Waals surface area (Å²) >= 11 is 0. The topological polar surface area (TPSA) is 68.3 Å². The number of furan rings is 4. The van der Waals surface area contributed by atoms with Crippen LogP contribution in [0.25, 0.3) is 187 Å². The minimum atomic E-state index is 0.804. The zero-order chi connectivity index (χ0) is 54.3. The van der Waals surface area contributed by atoms with Gasteiger partial charge in [0.25, 0.3) is 0 Å². The quantitative estimate of drug-likeness (QED) is 0.173. The van der Waals surface area contributed by atoms with Gasteiger partial charge in [0, 0.05) is 48.6 Å². The van der Waals surface area contributed by atoms with Crippen LogP contribution >= 0.6 is 0 Å². The molecule has 0 atom stereocenters. The Kier molecular flexibility index (Phi) is 9.73. The molecule has 83 heavy (non-hydrogen) atoms. The van der Waals surface area contributed by atoms with E-state index in [0.29, 0.717) is 0 Å². The van der Waals surface area contributed by atoms with E-state index in [2.05, 4.69) is 266 Å². The maximum absolute atomic E-state index is 6.85. The average Bonchev–Trinajstić information content (AvgIpc) is 4.56. The average molecular weight is 1060 g/mol. The highest BCUT2D eigenvalue weighted by Crippen LogP contribution is 2.45. The molecule has 0 saturated heterocycles. The number of rotatable bonds is 7. The van der Waals surface area contributed by atoms with Crippen LogP contribution in [0.1, 0.15) is 0 Å². The molecule has 5 heterocycles.